The molecule has 0 radical (unpaired) electrons. The van der Waals surface area contributed by atoms with Crippen LogP contribution >= 0.6 is 0 Å². The van der Waals surface area contributed by atoms with E-state index in [0.717, 1.165) is 11.3 Å². The molecule has 2 nitrogen and oxygen atoms in total. The zero-order valence-electron chi connectivity index (χ0n) is 10.4. The molecule has 88 valence electrons. The van der Waals surface area contributed by atoms with Crippen LogP contribution in [0.15, 0.2) is 0 Å². The molecule has 0 bridgehead atoms. The third-order valence-corrected chi connectivity index (χ3v) is 4.61. The van der Waals surface area contributed by atoms with Crippen molar-refractivity contribution in [2.75, 3.05) is 33.2 Å². The van der Waals surface area contributed by atoms with E-state index < -0.39 is 0 Å². The van der Waals surface area contributed by atoms with Crippen LogP contribution in [0.2, 0.25) is 0 Å². The molecule has 2 fully saturated rings. The second-order valence-corrected chi connectivity index (χ2v) is 5.60. The molecular weight excluding hydrogens is 184 g/mol. The van der Waals surface area contributed by atoms with Gasteiger partial charge in [-0.2, -0.15) is 0 Å². The molecule has 15 heavy (non-hydrogen) atoms. The van der Waals surface area contributed by atoms with Crippen molar-refractivity contribution >= 4 is 0 Å². The van der Waals surface area contributed by atoms with Crippen molar-refractivity contribution in [1.29, 1.82) is 0 Å². The summed E-state index contributed by atoms with van der Waals surface area (Å²) in [4.78, 5) is 2.60. The summed E-state index contributed by atoms with van der Waals surface area (Å²) in [5.74, 6) is 1.03. The third-order valence-electron chi connectivity index (χ3n) is 4.61. The summed E-state index contributed by atoms with van der Waals surface area (Å²) in [5.41, 5.74) is 0.782. The maximum atomic E-state index is 3.27. The van der Waals surface area contributed by atoms with E-state index in [4.69, 9.17) is 0 Å². The molecule has 1 aliphatic carbocycles. The van der Waals surface area contributed by atoms with Gasteiger partial charge in [0.1, 0.15) is 0 Å². The van der Waals surface area contributed by atoms with Crippen molar-refractivity contribution in [3.63, 3.8) is 0 Å². The summed E-state index contributed by atoms with van der Waals surface area (Å²) >= 11 is 0. The maximum absolute atomic E-state index is 3.27. The summed E-state index contributed by atoms with van der Waals surface area (Å²) < 4.78 is 0. The molecule has 0 amide bonds. The number of nitrogens with one attached hydrogen (secondary N) is 1. The molecule has 2 aliphatic rings. The van der Waals surface area contributed by atoms with Gasteiger partial charge in [0.05, 0.1) is 0 Å². The topological polar surface area (TPSA) is 15.3 Å². The Bertz CT molecular complexity index is 187. The van der Waals surface area contributed by atoms with Crippen LogP contribution in [0.1, 0.15) is 39.0 Å². The van der Waals surface area contributed by atoms with E-state index in [1.165, 1.54) is 58.3 Å². The van der Waals surface area contributed by atoms with E-state index in [9.17, 15) is 0 Å². The first kappa shape index (κ1) is 11.4. The predicted octanol–water partition coefficient (Wildman–Crippen LogP) is 2.11. The van der Waals surface area contributed by atoms with Gasteiger partial charge in [0.15, 0.2) is 0 Å². The quantitative estimate of drug-likeness (QED) is 0.764. The summed E-state index contributed by atoms with van der Waals surface area (Å²) in [5, 5.41) is 3.27. The number of likely N-dealkylation sites (tertiary alicyclic amines) is 1. The van der Waals surface area contributed by atoms with Gasteiger partial charge in [0.25, 0.3) is 0 Å². The SMILES string of the molecule is CCN1CCC2(CC1)CC(CCNC)C2. The minimum atomic E-state index is 0.782. The lowest BCUT2D eigenvalue weighted by molar-refractivity contribution is -0.0143. The van der Waals surface area contributed by atoms with E-state index >= 15 is 0 Å². The number of hydrogen-bond acceptors (Lipinski definition) is 2. The van der Waals surface area contributed by atoms with Gasteiger partial charge in [0, 0.05) is 0 Å². The molecule has 1 saturated carbocycles. The summed E-state index contributed by atoms with van der Waals surface area (Å²) in [7, 11) is 2.06. The highest BCUT2D eigenvalue weighted by atomic mass is 15.1. The molecular formula is C13H26N2. The smallest absolute Gasteiger partial charge is 0.00135 e. The molecule has 0 aromatic rings. The van der Waals surface area contributed by atoms with Crippen molar-refractivity contribution in [3.8, 4) is 0 Å². The second kappa shape index (κ2) is 4.84. The molecule has 1 heterocycles. The Kier molecular flexibility index (Phi) is 3.68. The van der Waals surface area contributed by atoms with Crippen molar-refractivity contribution in [1.82, 2.24) is 10.2 Å². The van der Waals surface area contributed by atoms with Crippen LogP contribution in [0.5, 0.6) is 0 Å². The molecule has 1 N–H and O–H groups in total. The van der Waals surface area contributed by atoms with Crippen molar-refractivity contribution in [2.24, 2.45) is 11.3 Å². The highest BCUT2D eigenvalue weighted by Crippen LogP contribution is 2.53. The van der Waals surface area contributed by atoms with E-state index in [1.807, 2.05) is 0 Å². The largest absolute Gasteiger partial charge is 0.320 e. The van der Waals surface area contributed by atoms with Gasteiger partial charge in [0.2, 0.25) is 0 Å². The standard InChI is InChI=1S/C13H26N2/c1-3-15-8-5-13(6-9-15)10-12(11-13)4-7-14-2/h12,14H,3-11H2,1-2H3. The predicted molar refractivity (Wildman–Crippen MR) is 65.0 cm³/mol. The van der Waals surface area contributed by atoms with E-state index in [1.54, 1.807) is 0 Å². The second-order valence-electron chi connectivity index (χ2n) is 5.60. The van der Waals surface area contributed by atoms with Crippen molar-refractivity contribution < 1.29 is 0 Å². The van der Waals surface area contributed by atoms with Crippen LogP contribution in [-0.4, -0.2) is 38.1 Å². The minimum Gasteiger partial charge on any atom is -0.320 e. The average Bonchev–Trinajstić information content (AvgIpc) is 2.24. The Balaban J connectivity index is 1.69. The van der Waals surface area contributed by atoms with E-state index in [2.05, 4.69) is 24.2 Å². The Hall–Kier alpha value is -0.0800. The van der Waals surface area contributed by atoms with Crippen LogP contribution in [0.4, 0.5) is 0 Å². The molecule has 1 spiro atoms. The van der Waals surface area contributed by atoms with Crippen LogP contribution in [0.25, 0.3) is 0 Å². The van der Waals surface area contributed by atoms with Crippen LogP contribution in [0.3, 0.4) is 0 Å². The first-order valence-electron chi connectivity index (χ1n) is 6.65. The summed E-state index contributed by atoms with van der Waals surface area (Å²) in [6.45, 7) is 7.46. The number of hydrogen-bond donors (Lipinski definition) is 1. The number of nitrogens with zero attached hydrogens (tertiary/aromatic N) is 1. The first-order chi connectivity index (χ1) is 7.28. The molecule has 0 unspecified atom stereocenters. The summed E-state index contributed by atoms with van der Waals surface area (Å²) in [6.07, 6.45) is 7.38. The fourth-order valence-electron chi connectivity index (χ4n) is 3.47. The molecule has 1 aliphatic heterocycles. The van der Waals surface area contributed by atoms with Crippen LogP contribution < -0.4 is 5.32 Å². The Morgan fingerprint density at radius 1 is 1.27 bits per heavy atom. The normalized spacial score (nSPS) is 26.8. The average molecular weight is 210 g/mol. The fraction of sp³-hybridized carbons (Fsp3) is 1.00. The third kappa shape index (κ3) is 2.54. The van der Waals surface area contributed by atoms with E-state index in [0.29, 0.717) is 0 Å². The molecule has 1 saturated heterocycles. The lowest BCUT2D eigenvalue weighted by Gasteiger charge is -2.52. The Labute approximate surface area is 94.4 Å². The fourth-order valence-corrected chi connectivity index (χ4v) is 3.47. The zero-order valence-corrected chi connectivity index (χ0v) is 10.4. The molecule has 0 aromatic heterocycles. The van der Waals surface area contributed by atoms with E-state index in [-0.39, 0.29) is 0 Å². The maximum Gasteiger partial charge on any atom is -0.00135 e. The lowest BCUT2D eigenvalue weighted by atomic mass is 9.57. The minimum absolute atomic E-state index is 0.782. The van der Waals surface area contributed by atoms with Gasteiger partial charge in [-0.3, -0.25) is 0 Å². The number of piperidine rings is 1. The van der Waals surface area contributed by atoms with Crippen LogP contribution in [0, 0.1) is 11.3 Å². The van der Waals surface area contributed by atoms with Gasteiger partial charge < -0.3 is 10.2 Å². The highest BCUT2D eigenvalue weighted by molar-refractivity contribution is 4.96. The summed E-state index contributed by atoms with van der Waals surface area (Å²) in [6, 6.07) is 0. The van der Waals surface area contributed by atoms with Crippen molar-refractivity contribution in [3.05, 3.63) is 0 Å². The van der Waals surface area contributed by atoms with Gasteiger partial charge in [-0.25, -0.2) is 0 Å². The van der Waals surface area contributed by atoms with Gasteiger partial charge >= 0.3 is 0 Å². The molecule has 2 rings (SSSR count). The lowest BCUT2D eigenvalue weighted by Crippen LogP contribution is -2.47. The molecule has 0 aromatic carbocycles. The highest BCUT2D eigenvalue weighted by Gasteiger charge is 2.44. The Morgan fingerprint density at radius 3 is 2.47 bits per heavy atom. The first-order valence-corrected chi connectivity index (χ1v) is 6.65. The van der Waals surface area contributed by atoms with Crippen molar-refractivity contribution in [2.45, 2.75) is 39.0 Å². The molecule has 2 heteroatoms. The van der Waals surface area contributed by atoms with Gasteiger partial charge in [-0.05, 0) is 76.7 Å². The molecule has 0 atom stereocenters. The monoisotopic (exact) mass is 210 g/mol. The van der Waals surface area contributed by atoms with Crippen LogP contribution in [-0.2, 0) is 0 Å². The zero-order chi connectivity index (χ0) is 10.7. The van der Waals surface area contributed by atoms with Gasteiger partial charge in [-0.15, -0.1) is 0 Å². The number of rotatable bonds is 4. The Morgan fingerprint density at radius 2 is 1.93 bits per heavy atom. The van der Waals surface area contributed by atoms with Gasteiger partial charge in [-0.1, -0.05) is 6.92 Å².